The van der Waals surface area contributed by atoms with Crippen LogP contribution in [0.15, 0.2) is 47.4 Å². The molecule has 1 saturated heterocycles. The minimum absolute atomic E-state index is 0.150. The smallest absolute Gasteiger partial charge is 0.253 e. The molecule has 0 aromatic heterocycles. The molecule has 26 heavy (non-hydrogen) atoms. The molecule has 1 fully saturated rings. The van der Waals surface area contributed by atoms with Gasteiger partial charge in [-0.05, 0) is 35.6 Å². The lowest BCUT2D eigenvalue weighted by Crippen LogP contribution is -2.35. The van der Waals surface area contributed by atoms with Crippen LogP contribution < -0.4 is 5.32 Å². The molecule has 1 aliphatic rings. The number of rotatable bonds is 6. The molecule has 0 unspecified atom stereocenters. The molecule has 2 aromatic rings. The van der Waals surface area contributed by atoms with Gasteiger partial charge in [0.25, 0.3) is 5.91 Å². The predicted octanol–water partition coefficient (Wildman–Crippen LogP) is 3.82. The third-order valence-electron chi connectivity index (χ3n) is 4.40. The first-order valence-electron chi connectivity index (χ1n) is 8.65. The first kappa shape index (κ1) is 19.2. The molecule has 1 N–H and O–H groups in total. The lowest BCUT2D eigenvalue weighted by atomic mass is 10.1. The van der Waals surface area contributed by atoms with Gasteiger partial charge in [-0.1, -0.05) is 35.9 Å². The molecule has 138 valence electrons. The van der Waals surface area contributed by atoms with E-state index < -0.39 is 0 Å². The van der Waals surface area contributed by atoms with Crippen LogP contribution in [0.25, 0.3) is 0 Å². The maximum atomic E-state index is 12.4. The van der Waals surface area contributed by atoms with E-state index in [9.17, 15) is 4.79 Å². The Balaban J connectivity index is 1.55. The summed E-state index contributed by atoms with van der Waals surface area (Å²) in [6.45, 7) is 5.00. The van der Waals surface area contributed by atoms with E-state index in [1.165, 1.54) is 5.56 Å². The monoisotopic (exact) mass is 390 g/mol. The molecule has 0 spiro atoms. The Morgan fingerprint density at radius 2 is 1.85 bits per heavy atom. The van der Waals surface area contributed by atoms with Gasteiger partial charge in [-0.3, -0.25) is 9.69 Å². The number of thioether (sulfide) groups is 1. The van der Waals surface area contributed by atoms with Crippen molar-refractivity contribution in [3.05, 3.63) is 64.2 Å². The highest BCUT2D eigenvalue weighted by Gasteiger charge is 2.12. The van der Waals surface area contributed by atoms with E-state index in [0.717, 1.165) is 43.3 Å². The van der Waals surface area contributed by atoms with Crippen molar-refractivity contribution in [2.45, 2.75) is 18.0 Å². The summed E-state index contributed by atoms with van der Waals surface area (Å²) in [5.74, 6) is -0.150. The second kappa shape index (κ2) is 9.42. The Morgan fingerprint density at radius 1 is 1.15 bits per heavy atom. The predicted molar refractivity (Wildman–Crippen MR) is 107 cm³/mol. The van der Waals surface area contributed by atoms with Crippen LogP contribution in [0.2, 0.25) is 5.02 Å². The number of carbonyl (C=O) groups excluding carboxylic acids is 1. The highest BCUT2D eigenvalue weighted by atomic mass is 35.5. The lowest BCUT2D eigenvalue weighted by Gasteiger charge is -2.26. The van der Waals surface area contributed by atoms with Crippen LogP contribution >= 0.6 is 23.4 Å². The lowest BCUT2D eigenvalue weighted by molar-refractivity contribution is 0.0342. The number of nitrogens with zero attached hydrogens (tertiary/aromatic N) is 1. The summed E-state index contributed by atoms with van der Waals surface area (Å²) >= 11 is 7.75. The standard InChI is InChI=1S/C20H23ClN2O2S/c1-26-17-6-7-19(21)18(12-17)20(24)22-13-15-2-4-16(5-3-15)14-23-8-10-25-11-9-23/h2-7,12H,8-11,13-14H2,1H3,(H,22,24). The number of ether oxygens (including phenoxy) is 1. The molecule has 2 aromatic carbocycles. The molecule has 1 aliphatic heterocycles. The largest absolute Gasteiger partial charge is 0.379 e. The maximum absolute atomic E-state index is 12.4. The van der Waals surface area contributed by atoms with Crippen LogP contribution in [0, 0.1) is 0 Å². The van der Waals surface area contributed by atoms with E-state index in [-0.39, 0.29) is 5.91 Å². The summed E-state index contributed by atoms with van der Waals surface area (Å²) in [6.07, 6.45) is 1.98. The number of morpholine rings is 1. The SMILES string of the molecule is CSc1ccc(Cl)c(C(=O)NCc2ccc(CN3CCOCC3)cc2)c1. The number of nitrogens with one attached hydrogen (secondary N) is 1. The Morgan fingerprint density at radius 3 is 2.54 bits per heavy atom. The van der Waals surface area contributed by atoms with Crippen molar-refractivity contribution in [2.24, 2.45) is 0 Å². The minimum atomic E-state index is -0.150. The van der Waals surface area contributed by atoms with Crippen LogP contribution in [0.4, 0.5) is 0 Å². The molecule has 3 rings (SSSR count). The minimum Gasteiger partial charge on any atom is -0.379 e. The first-order chi connectivity index (χ1) is 12.7. The summed E-state index contributed by atoms with van der Waals surface area (Å²) in [5.41, 5.74) is 2.86. The normalized spacial score (nSPS) is 15.0. The highest BCUT2D eigenvalue weighted by Crippen LogP contribution is 2.23. The Labute approximate surface area is 163 Å². The number of hydrogen-bond acceptors (Lipinski definition) is 4. The van der Waals surface area contributed by atoms with Crippen molar-refractivity contribution >= 4 is 29.3 Å². The van der Waals surface area contributed by atoms with Crippen molar-refractivity contribution in [1.82, 2.24) is 10.2 Å². The van der Waals surface area contributed by atoms with Gasteiger partial charge in [0.2, 0.25) is 0 Å². The fourth-order valence-electron chi connectivity index (χ4n) is 2.86. The molecular weight excluding hydrogens is 368 g/mol. The topological polar surface area (TPSA) is 41.6 Å². The van der Waals surface area contributed by atoms with E-state index in [1.807, 2.05) is 18.4 Å². The zero-order valence-electron chi connectivity index (χ0n) is 14.8. The van der Waals surface area contributed by atoms with Crippen LogP contribution in [0.1, 0.15) is 21.5 Å². The number of amides is 1. The van der Waals surface area contributed by atoms with Crippen LogP contribution in [0.5, 0.6) is 0 Å². The van der Waals surface area contributed by atoms with E-state index >= 15 is 0 Å². The first-order valence-corrected chi connectivity index (χ1v) is 10.3. The Kier molecular flexibility index (Phi) is 6.97. The maximum Gasteiger partial charge on any atom is 0.253 e. The summed E-state index contributed by atoms with van der Waals surface area (Å²) in [7, 11) is 0. The van der Waals surface area contributed by atoms with Crippen LogP contribution in [-0.2, 0) is 17.8 Å². The average molecular weight is 391 g/mol. The molecular formula is C20H23ClN2O2S. The van der Waals surface area contributed by atoms with Crippen molar-refractivity contribution in [3.63, 3.8) is 0 Å². The molecule has 6 heteroatoms. The van der Waals surface area contributed by atoms with Gasteiger partial charge in [-0.2, -0.15) is 0 Å². The third-order valence-corrected chi connectivity index (χ3v) is 5.46. The average Bonchev–Trinajstić information content (AvgIpc) is 2.68. The van der Waals surface area contributed by atoms with Crippen LogP contribution in [-0.4, -0.2) is 43.4 Å². The number of carbonyl (C=O) groups is 1. The van der Waals surface area contributed by atoms with Gasteiger partial charge in [0.05, 0.1) is 23.8 Å². The number of halogens is 1. The van der Waals surface area contributed by atoms with Gasteiger partial charge in [-0.25, -0.2) is 0 Å². The zero-order valence-corrected chi connectivity index (χ0v) is 16.4. The van der Waals surface area contributed by atoms with Crippen LogP contribution in [0.3, 0.4) is 0 Å². The summed E-state index contributed by atoms with van der Waals surface area (Å²) < 4.78 is 5.38. The molecule has 1 heterocycles. The molecule has 0 radical (unpaired) electrons. The Bertz CT molecular complexity index is 746. The molecule has 0 aliphatic carbocycles. The van der Waals surface area contributed by atoms with Gasteiger partial charge in [0.15, 0.2) is 0 Å². The summed E-state index contributed by atoms with van der Waals surface area (Å²) in [5, 5.41) is 3.42. The quantitative estimate of drug-likeness (QED) is 0.761. The molecule has 0 atom stereocenters. The van der Waals surface area contributed by atoms with Gasteiger partial charge in [-0.15, -0.1) is 11.8 Å². The van der Waals surface area contributed by atoms with E-state index in [0.29, 0.717) is 17.1 Å². The van der Waals surface area contributed by atoms with Crippen molar-refractivity contribution in [2.75, 3.05) is 32.6 Å². The molecule has 0 bridgehead atoms. The molecule has 0 saturated carbocycles. The van der Waals surface area contributed by atoms with Gasteiger partial charge in [0, 0.05) is 31.1 Å². The summed E-state index contributed by atoms with van der Waals surface area (Å²) in [4.78, 5) is 15.8. The van der Waals surface area contributed by atoms with Gasteiger partial charge < -0.3 is 10.1 Å². The fraction of sp³-hybridized carbons (Fsp3) is 0.350. The second-order valence-electron chi connectivity index (χ2n) is 6.23. The van der Waals surface area contributed by atoms with Gasteiger partial charge >= 0.3 is 0 Å². The third kappa shape index (κ3) is 5.24. The van der Waals surface area contributed by atoms with Gasteiger partial charge in [0.1, 0.15) is 0 Å². The summed E-state index contributed by atoms with van der Waals surface area (Å²) in [6, 6.07) is 13.9. The Hall–Kier alpha value is -1.53. The van der Waals surface area contributed by atoms with Crippen molar-refractivity contribution in [1.29, 1.82) is 0 Å². The molecule has 4 nitrogen and oxygen atoms in total. The van der Waals surface area contributed by atoms with Crippen molar-refractivity contribution < 1.29 is 9.53 Å². The second-order valence-corrected chi connectivity index (χ2v) is 7.52. The molecule has 1 amide bonds. The van der Waals surface area contributed by atoms with Crippen molar-refractivity contribution in [3.8, 4) is 0 Å². The number of benzene rings is 2. The van der Waals surface area contributed by atoms with E-state index in [1.54, 1.807) is 17.8 Å². The van der Waals surface area contributed by atoms with E-state index in [2.05, 4.69) is 34.5 Å². The fourth-order valence-corrected chi connectivity index (χ4v) is 3.51. The zero-order chi connectivity index (χ0) is 18.4. The highest BCUT2D eigenvalue weighted by molar-refractivity contribution is 7.98. The number of hydrogen-bond donors (Lipinski definition) is 1. The van der Waals surface area contributed by atoms with E-state index in [4.69, 9.17) is 16.3 Å².